The third-order valence-electron chi connectivity index (χ3n) is 1.20. The number of nitrogens with one attached hydrogen (secondary N) is 1. The molecule has 1 atom stereocenters. The average molecular weight is 168 g/mol. The van der Waals surface area contributed by atoms with Crippen LogP contribution in [0.3, 0.4) is 0 Å². The van der Waals surface area contributed by atoms with Crippen LogP contribution in [0.15, 0.2) is 0 Å². The number of aliphatic carboxylic acids is 1. The first-order valence-electron chi connectivity index (χ1n) is 2.86. The largest absolute Gasteiger partial charge is 0.479 e. The third-order valence-corrected chi connectivity index (χ3v) is 1.20. The third kappa shape index (κ3) is 2.51. The van der Waals surface area contributed by atoms with Crippen molar-refractivity contribution in [3.8, 4) is 0 Å². The zero-order chi connectivity index (χ0) is 6.69. The molecule has 60 valence electrons. The van der Waals surface area contributed by atoms with Crippen molar-refractivity contribution >= 4 is 18.4 Å². The van der Waals surface area contributed by atoms with Gasteiger partial charge in [-0.1, -0.05) is 0 Å². The highest BCUT2D eigenvalue weighted by molar-refractivity contribution is 5.85. The Labute approximate surface area is 65.0 Å². The van der Waals surface area contributed by atoms with E-state index in [0.29, 0.717) is 13.2 Å². The molecule has 1 aliphatic rings. The number of halogens is 1. The molecule has 0 aromatic carbocycles. The maximum absolute atomic E-state index is 10.2. The molecule has 0 spiro atoms. The molecule has 2 N–H and O–H groups in total. The van der Waals surface area contributed by atoms with Crippen molar-refractivity contribution in [2.24, 2.45) is 0 Å². The van der Waals surface area contributed by atoms with Gasteiger partial charge in [0, 0.05) is 13.1 Å². The lowest BCUT2D eigenvalue weighted by Crippen LogP contribution is -2.42. The van der Waals surface area contributed by atoms with E-state index in [0.717, 1.165) is 6.54 Å². The van der Waals surface area contributed by atoms with Crippen LogP contribution in [0.25, 0.3) is 0 Å². The van der Waals surface area contributed by atoms with Crippen LogP contribution in [0.1, 0.15) is 0 Å². The normalized spacial score (nSPS) is 25.0. The van der Waals surface area contributed by atoms with Gasteiger partial charge in [0.1, 0.15) is 0 Å². The summed E-state index contributed by atoms with van der Waals surface area (Å²) in [6.07, 6.45) is -0.640. The SMILES string of the molecule is Cl.O=C(O)C1CNCCO1. The van der Waals surface area contributed by atoms with E-state index in [-0.39, 0.29) is 12.4 Å². The van der Waals surface area contributed by atoms with Gasteiger partial charge in [-0.2, -0.15) is 0 Å². The maximum Gasteiger partial charge on any atom is 0.334 e. The van der Waals surface area contributed by atoms with E-state index in [4.69, 9.17) is 9.84 Å². The summed E-state index contributed by atoms with van der Waals surface area (Å²) in [5.41, 5.74) is 0. The Balaban J connectivity index is 0.000000810. The van der Waals surface area contributed by atoms with Crippen LogP contribution < -0.4 is 5.32 Å². The van der Waals surface area contributed by atoms with Crippen molar-refractivity contribution in [2.45, 2.75) is 6.10 Å². The molecule has 1 fully saturated rings. The standard InChI is InChI=1S/C5H9NO3.ClH/c7-5(8)4-3-6-1-2-9-4;/h4,6H,1-3H2,(H,7,8);1H. The predicted molar refractivity (Wildman–Crippen MR) is 37.5 cm³/mol. The van der Waals surface area contributed by atoms with E-state index in [1.54, 1.807) is 0 Å². The second-order valence-electron chi connectivity index (χ2n) is 1.90. The molecular weight excluding hydrogens is 158 g/mol. The molecular formula is C5H10ClNO3. The lowest BCUT2D eigenvalue weighted by molar-refractivity contribution is -0.151. The highest BCUT2D eigenvalue weighted by Gasteiger charge is 2.19. The van der Waals surface area contributed by atoms with Crippen LogP contribution in [0.4, 0.5) is 0 Å². The Bertz CT molecular complexity index is 113. The van der Waals surface area contributed by atoms with Crippen LogP contribution in [0, 0.1) is 0 Å². The maximum atomic E-state index is 10.2. The molecule has 0 radical (unpaired) electrons. The average Bonchev–Trinajstić information content (AvgIpc) is 1.90. The smallest absolute Gasteiger partial charge is 0.334 e. The Kier molecular flexibility index (Phi) is 4.34. The van der Waals surface area contributed by atoms with Gasteiger partial charge in [-0.3, -0.25) is 0 Å². The van der Waals surface area contributed by atoms with Crippen molar-refractivity contribution in [2.75, 3.05) is 19.7 Å². The molecule has 0 aromatic rings. The summed E-state index contributed by atoms with van der Waals surface area (Å²) >= 11 is 0. The fourth-order valence-electron chi connectivity index (χ4n) is 0.724. The van der Waals surface area contributed by atoms with Crippen molar-refractivity contribution in [1.29, 1.82) is 0 Å². The number of hydrogen-bond donors (Lipinski definition) is 2. The fraction of sp³-hybridized carbons (Fsp3) is 0.800. The number of carboxylic acid groups (broad SMARTS) is 1. The molecule has 0 saturated carbocycles. The summed E-state index contributed by atoms with van der Waals surface area (Å²) in [6, 6.07) is 0. The molecule has 10 heavy (non-hydrogen) atoms. The van der Waals surface area contributed by atoms with Crippen LogP contribution in [0.2, 0.25) is 0 Å². The minimum Gasteiger partial charge on any atom is -0.479 e. The zero-order valence-electron chi connectivity index (χ0n) is 5.37. The van der Waals surface area contributed by atoms with Gasteiger partial charge < -0.3 is 15.2 Å². The summed E-state index contributed by atoms with van der Waals surface area (Å²) < 4.78 is 4.88. The number of rotatable bonds is 1. The number of morpholine rings is 1. The molecule has 0 bridgehead atoms. The summed E-state index contributed by atoms with van der Waals surface area (Å²) in [6.45, 7) is 1.68. The van der Waals surface area contributed by atoms with E-state index in [1.165, 1.54) is 0 Å². The lowest BCUT2D eigenvalue weighted by Gasteiger charge is -2.19. The topological polar surface area (TPSA) is 58.6 Å². The predicted octanol–water partition coefficient (Wildman–Crippen LogP) is -0.519. The van der Waals surface area contributed by atoms with Crippen molar-refractivity contribution in [1.82, 2.24) is 5.32 Å². The summed E-state index contributed by atoms with van der Waals surface area (Å²) in [4.78, 5) is 10.2. The van der Waals surface area contributed by atoms with E-state index in [9.17, 15) is 4.79 Å². The highest BCUT2D eigenvalue weighted by atomic mass is 35.5. The van der Waals surface area contributed by atoms with Gasteiger partial charge in [0.05, 0.1) is 6.61 Å². The first kappa shape index (κ1) is 9.68. The number of carboxylic acids is 1. The van der Waals surface area contributed by atoms with Gasteiger partial charge in [-0.25, -0.2) is 4.79 Å². The molecule has 1 rings (SSSR count). The Hall–Kier alpha value is -0.320. The summed E-state index contributed by atoms with van der Waals surface area (Å²) in [5.74, 6) is -0.887. The lowest BCUT2D eigenvalue weighted by atomic mass is 10.3. The number of hydrogen-bond acceptors (Lipinski definition) is 3. The van der Waals surface area contributed by atoms with Crippen LogP contribution in [0.5, 0.6) is 0 Å². The van der Waals surface area contributed by atoms with Gasteiger partial charge >= 0.3 is 5.97 Å². The van der Waals surface area contributed by atoms with Gasteiger partial charge in [0.15, 0.2) is 6.10 Å². The Morgan fingerprint density at radius 1 is 1.70 bits per heavy atom. The molecule has 1 heterocycles. The van der Waals surface area contributed by atoms with Crippen molar-refractivity contribution in [3.63, 3.8) is 0 Å². The first-order valence-corrected chi connectivity index (χ1v) is 2.86. The summed E-state index contributed by atoms with van der Waals surface area (Å²) in [7, 11) is 0. The van der Waals surface area contributed by atoms with Gasteiger partial charge in [-0.15, -0.1) is 12.4 Å². The van der Waals surface area contributed by atoms with Crippen LogP contribution in [-0.2, 0) is 9.53 Å². The number of ether oxygens (including phenoxy) is 1. The monoisotopic (exact) mass is 167 g/mol. The molecule has 0 aromatic heterocycles. The molecule has 0 amide bonds. The van der Waals surface area contributed by atoms with Crippen LogP contribution >= 0.6 is 12.4 Å². The second kappa shape index (κ2) is 4.49. The zero-order valence-corrected chi connectivity index (χ0v) is 6.19. The second-order valence-corrected chi connectivity index (χ2v) is 1.90. The molecule has 1 unspecified atom stereocenters. The molecule has 1 saturated heterocycles. The van der Waals surface area contributed by atoms with E-state index < -0.39 is 12.1 Å². The van der Waals surface area contributed by atoms with Gasteiger partial charge in [0.2, 0.25) is 0 Å². The highest BCUT2D eigenvalue weighted by Crippen LogP contribution is 1.94. The van der Waals surface area contributed by atoms with Gasteiger partial charge in [0.25, 0.3) is 0 Å². The molecule has 0 aliphatic carbocycles. The van der Waals surface area contributed by atoms with Crippen molar-refractivity contribution < 1.29 is 14.6 Å². The fourth-order valence-corrected chi connectivity index (χ4v) is 0.724. The van der Waals surface area contributed by atoms with Crippen molar-refractivity contribution in [3.05, 3.63) is 0 Å². The molecule has 1 aliphatic heterocycles. The van der Waals surface area contributed by atoms with Crippen LogP contribution in [-0.4, -0.2) is 36.9 Å². The van der Waals surface area contributed by atoms with E-state index in [1.807, 2.05) is 0 Å². The van der Waals surface area contributed by atoms with Gasteiger partial charge in [-0.05, 0) is 0 Å². The Morgan fingerprint density at radius 3 is 2.70 bits per heavy atom. The minimum absolute atomic E-state index is 0. The van der Waals surface area contributed by atoms with E-state index >= 15 is 0 Å². The minimum atomic E-state index is -0.887. The summed E-state index contributed by atoms with van der Waals surface area (Å²) in [5, 5.41) is 11.3. The quantitative estimate of drug-likeness (QED) is 0.552. The number of carbonyl (C=O) groups is 1. The van der Waals surface area contributed by atoms with E-state index in [2.05, 4.69) is 5.32 Å². The molecule has 4 nitrogen and oxygen atoms in total. The Morgan fingerprint density at radius 2 is 2.40 bits per heavy atom. The molecule has 5 heteroatoms. The first-order chi connectivity index (χ1) is 4.30.